The van der Waals surface area contributed by atoms with Gasteiger partial charge in [0.25, 0.3) is 0 Å². The Hall–Kier alpha value is -3.91. The molecule has 1 aliphatic heterocycles. The average molecular weight is 460 g/mol. The SMILES string of the molecule is CN1CCC(Oc2ccc(-c3n[nH]c4ccc(NC(=O)Nc5ccccc5F)cc34)cc2)CC1. The van der Waals surface area contributed by atoms with Crippen LogP contribution in [-0.4, -0.2) is 47.4 Å². The van der Waals surface area contributed by atoms with Crippen LogP contribution < -0.4 is 15.4 Å². The van der Waals surface area contributed by atoms with Gasteiger partial charge in [0.05, 0.1) is 16.9 Å². The molecule has 2 heterocycles. The summed E-state index contributed by atoms with van der Waals surface area (Å²) in [5, 5.41) is 13.7. The number of ether oxygens (including phenoxy) is 1. The molecule has 0 unspecified atom stereocenters. The van der Waals surface area contributed by atoms with E-state index in [0.29, 0.717) is 5.69 Å². The zero-order valence-electron chi connectivity index (χ0n) is 18.8. The van der Waals surface area contributed by atoms with Crippen LogP contribution in [0.2, 0.25) is 0 Å². The first-order valence-electron chi connectivity index (χ1n) is 11.3. The van der Waals surface area contributed by atoms with E-state index in [0.717, 1.165) is 53.8 Å². The van der Waals surface area contributed by atoms with Crippen molar-refractivity contribution in [3.8, 4) is 17.0 Å². The largest absolute Gasteiger partial charge is 0.490 e. The Kier molecular flexibility index (Phi) is 6.14. The van der Waals surface area contributed by atoms with Crippen molar-refractivity contribution in [3.63, 3.8) is 0 Å². The van der Waals surface area contributed by atoms with Crippen molar-refractivity contribution >= 4 is 28.3 Å². The van der Waals surface area contributed by atoms with E-state index in [1.807, 2.05) is 36.4 Å². The summed E-state index contributed by atoms with van der Waals surface area (Å²) < 4.78 is 20.0. The van der Waals surface area contributed by atoms with Crippen LogP contribution in [0.25, 0.3) is 22.2 Å². The van der Waals surface area contributed by atoms with Crippen molar-refractivity contribution in [2.75, 3.05) is 30.8 Å². The maximum Gasteiger partial charge on any atom is 0.323 e. The molecule has 4 aromatic rings. The maximum atomic E-state index is 13.8. The average Bonchev–Trinajstić information content (AvgIpc) is 3.26. The molecule has 0 saturated carbocycles. The molecule has 0 bridgehead atoms. The highest BCUT2D eigenvalue weighted by atomic mass is 19.1. The Labute approximate surface area is 196 Å². The molecule has 1 fully saturated rings. The number of amides is 2. The first kappa shape index (κ1) is 21.9. The predicted octanol–water partition coefficient (Wildman–Crippen LogP) is 5.49. The standard InChI is InChI=1S/C26H26FN5O2/c1-32-14-12-20(13-15-32)34-19-9-6-17(7-10-19)25-21-16-18(8-11-23(21)30-31-25)28-26(33)29-24-5-3-2-4-22(24)27/h2-11,16,20H,12-15H2,1H3,(H,30,31)(H2,28,29,33). The molecule has 0 aliphatic carbocycles. The lowest BCUT2D eigenvalue weighted by Gasteiger charge is -2.29. The number of fused-ring (bicyclic) bond motifs is 1. The van der Waals surface area contributed by atoms with Crippen molar-refractivity contribution in [1.29, 1.82) is 0 Å². The Morgan fingerprint density at radius 2 is 1.82 bits per heavy atom. The molecule has 0 atom stereocenters. The summed E-state index contributed by atoms with van der Waals surface area (Å²) in [6, 6.07) is 18.9. The number of aromatic nitrogens is 2. The number of hydrogen-bond acceptors (Lipinski definition) is 4. The van der Waals surface area contributed by atoms with E-state index in [9.17, 15) is 9.18 Å². The summed E-state index contributed by atoms with van der Waals surface area (Å²) in [5.41, 5.74) is 3.26. The number of piperidine rings is 1. The molecule has 1 aliphatic rings. The summed E-state index contributed by atoms with van der Waals surface area (Å²) in [4.78, 5) is 14.7. The monoisotopic (exact) mass is 459 g/mol. The summed E-state index contributed by atoms with van der Waals surface area (Å²) in [6.07, 6.45) is 2.31. The Bertz CT molecular complexity index is 1300. The van der Waals surface area contributed by atoms with Gasteiger partial charge in [-0.2, -0.15) is 5.10 Å². The smallest absolute Gasteiger partial charge is 0.323 e. The number of carbonyl (C=O) groups excluding carboxylic acids is 1. The molecule has 1 aromatic heterocycles. The lowest BCUT2D eigenvalue weighted by Crippen LogP contribution is -2.35. The van der Waals surface area contributed by atoms with Gasteiger partial charge < -0.3 is 20.3 Å². The van der Waals surface area contributed by atoms with E-state index in [4.69, 9.17) is 4.74 Å². The second kappa shape index (κ2) is 9.52. The number of benzene rings is 3. The maximum absolute atomic E-state index is 13.8. The summed E-state index contributed by atoms with van der Waals surface area (Å²) in [6.45, 7) is 2.10. The minimum atomic E-state index is -0.523. The van der Waals surface area contributed by atoms with Crippen molar-refractivity contribution in [1.82, 2.24) is 15.1 Å². The second-order valence-electron chi connectivity index (χ2n) is 8.54. The van der Waals surface area contributed by atoms with Crippen LogP contribution in [0.5, 0.6) is 5.75 Å². The van der Waals surface area contributed by atoms with Crippen LogP contribution in [0.1, 0.15) is 12.8 Å². The number of aromatic amines is 1. The second-order valence-corrected chi connectivity index (χ2v) is 8.54. The molecule has 3 N–H and O–H groups in total. The number of anilines is 2. The minimum Gasteiger partial charge on any atom is -0.490 e. The topological polar surface area (TPSA) is 82.3 Å². The zero-order chi connectivity index (χ0) is 23.5. The summed E-state index contributed by atoms with van der Waals surface area (Å²) in [7, 11) is 2.13. The number of hydrogen-bond donors (Lipinski definition) is 3. The number of carbonyl (C=O) groups is 1. The number of nitrogens with one attached hydrogen (secondary N) is 3. The van der Waals surface area contributed by atoms with E-state index in [1.165, 1.54) is 12.1 Å². The van der Waals surface area contributed by atoms with Crippen LogP contribution in [0.15, 0.2) is 66.7 Å². The van der Waals surface area contributed by atoms with Gasteiger partial charge in [-0.1, -0.05) is 12.1 Å². The van der Waals surface area contributed by atoms with Gasteiger partial charge in [-0.25, -0.2) is 9.18 Å². The van der Waals surface area contributed by atoms with Gasteiger partial charge in [0.1, 0.15) is 17.7 Å². The molecule has 0 spiro atoms. The lowest BCUT2D eigenvalue weighted by molar-refractivity contribution is 0.114. The molecule has 174 valence electrons. The van der Waals surface area contributed by atoms with Crippen molar-refractivity contribution in [2.24, 2.45) is 0 Å². The highest BCUT2D eigenvalue weighted by molar-refractivity contribution is 6.02. The number of likely N-dealkylation sites (tertiary alicyclic amines) is 1. The molecular formula is C26H26FN5O2. The van der Waals surface area contributed by atoms with Gasteiger partial charge >= 0.3 is 6.03 Å². The third-order valence-electron chi connectivity index (χ3n) is 6.04. The molecule has 0 radical (unpaired) electrons. The number of nitrogens with zero attached hydrogens (tertiary/aromatic N) is 2. The normalized spacial score (nSPS) is 14.8. The van der Waals surface area contributed by atoms with Crippen LogP contribution in [0.3, 0.4) is 0 Å². The van der Waals surface area contributed by atoms with Crippen molar-refractivity contribution in [2.45, 2.75) is 18.9 Å². The molecule has 8 heteroatoms. The summed E-state index contributed by atoms with van der Waals surface area (Å²) >= 11 is 0. The van der Waals surface area contributed by atoms with E-state index < -0.39 is 11.8 Å². The fraction of sp³-hybridized carbons (Fsp3) is 0.231. The predicted molar refractivity (Wildman–Crippen MR) is 132 cm³/mol. The fourth-order valence-electron chi connectivity index (χ4n) is 4.15. The first-order valence-corrected chi connectivity index (χ1v) is 11.3. The third kappa shape index (κ3) is 4.87. The van der Waals surface area contributed by atoms with Gasteiger partial charge in [-0.3, -0.25) is 5.10 Å². The van der Waals surface area contributed by atoms with Crippen LogP contribution in [0, 0.1) is 5.82 Å². The number of halogens is 1. The van der Waals surface area contributed by atoms with Crippen LogP contribution >= 0.6 is 0 Å². The molecule has 7 nitrogen and oxygen atoms in total. The molecule has 5 rings (SSSR count). The molecule has 34 heavy (non-hydrogen) atoms. The molecule has 1 saturated heterocycles. The number of urea groups is 1. The Morgan fingerprint density at radius 1 is 1.06 bits per heavy atom. The molecule has 3 aromatic carbocycles. The lowest BCUT2D eigenvalue weighted by atomic mass is 10.1. The number of para-hydroxylation sites is 1. The first-order chi connectivity index (χ1) is 16.5. The molecule has 2 amide bonds. The quantitative estimate of drug-likeness (QED) is 0.369. The van der Waals surface area contributed by atoms with Crippen molar-refractivity contribution in [3.05, 3.63) is 72.5 Å². The van der Waals surface area contributed by atoms with E-state index in [1.54, 1.807) is 18.2 Å². The number of H-pyrrole nitrogens is 1. The van der Waals surface area contributed by atoms with Gasteiger partial charge in [-0.15, -0.1) is 0 Å². The molecular weight excluding hydrogens is 433 g/mol. The van der Waals surface area contributed by atoms with Crippen molar-refractivity contribution < 1.29 is 13.9 Å². The van der Waals surface area contributed by atoms with Gasteiger partial charge in [0.15, 0.2) is 0 Å². The van der Waals surface area contributed by atoms with E-state index in [-0.39, 0.29) is 11.8 Å². The Balaban J connectivity index is 1.30. The zero-order valence-corrected chi connectivity index (χ0v) is 18.8. The van der Waals surface area contributed by atoms with Gasteiger partial charge in [0, 0.05) is 29.7 Å². The number of rotatable bonds is 5. The summed E-state index contributed by atoms with van der Waals surface area (Å²) in [5.74, 6) is 0.360. The third-order valence-corrected chi connectivity index (χ3v) is 6.04. The highest BCUT2D eigenvalue weighted by Crippen LogP contribution is 2.30. The van der Waals surface area contributed by atoms with Crippen LogP contribution in [0.4, 0.5) is 20.6 Å². The Morgan fingerprint density at radius 3 is 2.59 bits per heavy atom. The van der Waals surface area contributed by atoms with Gasteiger partial charge in [-0.05, 0) is 74.5 Å². The van der Waals surface area contributed by atoms with E-state index in [2.05, 4.69) is 32.8 Å². The fourth-order valence-corrected chi connectivity index (χ4v) is 4.15. The van der Waals surface area contributed by atoms with Crippen LogP contribution in [-0.2, 0) is 0 Å². The highest BCUT2D eigenvalue weighted by Gasteiger charge is 2.18. The van der Waals surface area contributed by atoms with E-state index >= 15 is 0 Å². The minimum absolute atomic E-state index is 0.118. The van der Waals surface area contributed by atoms with Gasteiger partial charge in [0.2, 0.25) is 0 Å².